The summed E-state index contributed by atoms with van der Waals surface area (Å²) in [7, 11) is 0. The molecule has 0 saturated carbocycles. The van der Waals surface area contributed by atoms with Gasteiger partial charge in [0.15, 0.2) is 0 Å². The standard InChI is InChI=1S/C100H86BN5/c1-97(2,3)66-48-55-88-77(58-66)78-59-67(98(4,5)6)49-56-89(78)102(88)69-50-54-81-91(62-69)104(83-42-26-20-36-71(83)64-33-17-14-18-34-64)93-61-68(99(7,8)9)60-92-94(93)101(81)80-53-47-65(57-90(80)103(92)82-41-25-19-35-70(82)63-31-15-13-16-32-63)72-51-52-79(100(10,11)12)96(106-86-45-29-23-39-75(86)76-40-24-30-46-87(76)106)95(72)105-84-43-27-21-37-73(84)74-38-22-28-44-85(74)105/h13-62H,1-12H3. The summed E-state index contributed by atoms with van der Waals surface area (Å²) in [5.41, 5.74) is 32.5. The van der Waals surface area contributed by atoms with Gasteiger partial charge in [0.25, 0.3) is 6.71 Å². The Balaban J connectivity index is 0.949. The summed E-state index contributed by atoms with van der Waals surface area (Å²) in [5, 5.41) is 7.44. The molecule has 5 heterocycles. The van der Waals surface area contributed by atoms with Crippen molar-refractivity contribution in [3.05, 3.63) is 326 Å². The highest BCUT2D eigenvalue weighted by Crippen LogP contribution is 2.53. The zero-order valence-electron chi connectivity index (χ0n) is 62.7. The van der Waals surface area contributed by atoms with E-state index < -0.39 is 0 Å². The summed E-state index contributed by atoms with van der Waals surface area (Å²) < 4.78 is 7.75. The van der Waals surface area contributed by atoms with Crippen LogP contribution < -0.4 is 26.2 Å². The highest BCUT2D eigenvalue weighted by Gasteiger charge is 2.46. The van der Waals surface area contributed by atoms with Crippen molar-refractivity contribution in [2.75, 3.05) is 9.80 Å². The van der Waals surface area contributed by atoms with Gasteiger partial charge in [-0.2, -0.15) is 0 Å². The first-order valence-corrected chi connectivity index (χ1v) is 37.8. The molecule has 0 fully saturated rings. The van der Waals surface area contributed by atoms with Gasteiger partial charge in [-0.25, -0.2) is 0 Å². The quantitative estimate of drug-likeness (QED) is 0.141. The molecule has 0 bridgehead atoms. The lowest BCUT2D eigenvalue weighted by molar-refractivity contribution is 0.587. The average molecular weight is 1370 g/mol. The van der Waals surface area contributed by atoms with E-state index in [9.17, 15) is 0 Å². The first-order valence-electron chi connectivity index (χ1n) is 37.8. The number of anilines is 6. The van der Waals surface area contributed by atoms with Crippen molar-refractivity contribution in [1.82, 2.24) is 13.7 Å². The number of benzene rings is 14. The van der Waals surface area contributed by atoms with Gasteiger partial charge in [-0.15, -0.1) is 0 Å². The van der Waals surface area contributed by atoms with Crippen LogP contribution in [0.4, 0.5) is 34.1 Å². The van der Waals surface area contributed by atoms with Gasteiger partial charge in [-0.3, -0.25) is 0 Å². The van der Waals surface area contributed by atoms with E-state index >= 15 is 0 Å². The second-order valence-corrected chi connectivity index (χ2v) is 33.7. The van der Waals surface area contributed by atoms with Crippen molar-refractivity contribution < 1.29 is 0 Å². The number of rotatable bonds is 8. The molecule has 2 aliphatic rings. The number of hydrogen-bond donors (Lipinski definition) is 0. The third-order valence-electron chi connectivity index (χ3n) is 23.0. The predicted molar refractivity (Wildman–Crippen MR) is 455 cm³/mol. The van der Waals surface area contributed by atoms with Gasteiger partial charge in [0.05, 0.1) is 55.8 Å². The van der Waals surface area contributed by atoms with Crippen LogP contribution in [0, 0.1) is 0 Å². The van der Waals surface area contributed by atoms with Gasteiger partial charge in [-0.05, 0) is 168 Å². The third kappa shape index (κ3) is 10.1. The van der Waals surface area contributed by atoms with Crippen LogP contribution in [0.5, 0.6) is 0 Å². The van der Waals surface area contributed by atoms with Gasteiger partial charge in [0.1, 0.15) is 0 Å². The second kappa shape index (κ2) is 23.8. The molecular weight excluding hydrogens is 1280 g/mol. The normalized spacial score (nSPS) is 13.2. The Bertz CT molecular complexity index is 6270. The van der Waals surface area contributed by atoms with Crippen LogP contribution in [0.25, 0.3) is 116 Å². The number of nitrogens with zero attached hydrogens (tertiary/aromatic N) is 5. The molecule has 0 atom stereocenters. The van der Waals surface area contributed by atoms with Crippen LogP contribution in [-0.2, 0) is 21.7 Å². The Morgan fingerprint density at radius 3 is 1.08 bits per heavy atom. The SMILES string of the molecule is CC(C)(C)c1cc2c3c(c1)N(c1ccccc1-c1ccccc1)c1cc(-n4c5ccc(C(C)(C)C)cc5c5cc(C(C)(C)C)ccc54)ccc1B3c1ccc(-c3ccc(C(C)(C)C)c(-n4c5ccccc5c5ccccc54)c3-n3c4ccccc4c4ccccc43)cc1N2c1ccccc1-c1ccccc1. The van der Waals surface area contributed by atoms with Crippen molar-refractivity contribution >= 4 is 123 Å². The molecule has 19 rings (SSSR count). The first-order chi connectivity index (χ1) is 51.2. The molecule has 6 heteroatoms. The Morgan fingerprint density at radius 2 is 0.632 bits per heavy atom. The second-order valence-electron chi connectivity index (χ2n) is 33.7. The fraction of sp³-hybridized carbons (Fsp3) is 0.160. The minimum Gasteiger partial charge on any atom is -0.311 e. The van der Waals surface area contributed by atoms with E-state index in [1.807, 2.05) is 0 Å². The summed E-state index contributed by atoms with van der Waals surface area (Å²) in [4.78, 5) is 5.32. The fourth-order valence-corrected chi connectivity index (χ4v) is 17.7. The van der Waals surface area contributed by atoms with Gasteiger partial charge in [0, 0.05) is 77.4 Å². The van der Waals surface area contributed by atoms with Crippen LogP contribution in [-0.4, -0.2) is 20.4 Å². The van der Waals surface area contributed by atoms with Crippen LogP contribution in [0.1, 0.15) is 105 Å². The molecule has 106 heavy (non-hydrogen) atoms. The number of fused-ring (bicyclic) bond motifs is 13. The summed E-state index contributed by atoms with van der Waals surface area (Å²) in [6.07, 6.45) is 0. The highest BCUT2D eigenvalue weighted by molar-refractivity contribution is 7.00. The lowest BCUT2D eigenvalue weighted by Crippen LogP contribution is -2.61. The van der Waals surface area contributed by atoms with Crippen molar-refractivity contribution in [3.8, 4) is 50.4 Å². The topological polar surface area (TPSA) is 21.3 Å². The molecule has 5 nitrogen and oxygen atoms in total. The molecule has 0 amide bonds. The summed E-state index contributed by atoms with van der Waals surface area (Å²) in [6.45, 7) is 28.1. The lowest BCUT2D eigenvalue weighted by atomic mass is 9.33. The Hall–Kier alpha value is -11.9. The molecule has 14 aromatic carbocycles. The van der Waals surface area contributed by atoms with Crippen LogP contribution in [0.15, 0.2) is 303 Å². The van der Waals surface area contributed by atoms with Gasteiger partial charge < -0.3 is 23.5 Å². The average Bonchev–Trinajstić information content (AvgIpc) is 1.02. The Labute approximate surface area is 623 Å². The molecule has 17 aromatic rings. The molecule has 0 unspecified atom stereocenters. The Morgan fingerprint density at radius 1 is 0.236 bits per heavy atom. The van der Waals surface area contributed by atoms with E-state index in [4.69, 9.17) is 0 Å². The van der Waals surface area contributed by atoms with E-state index in [0.29, 0.717) is 0 Å². The van der Waals surface area contributed by atoms with E-state index in [-0.39, 0.29) is 28.4 Å². The molecule has 0 radical (unpaired) electrons. The number of aromatic nitrogens is 3. The van der Waals surface area contributed by atoms with Crippen molar-refractivity contribution in [2.24, 2.45) is 0 Å². The fourth-order valence-electron chi connectivity index (χ4n) is 17.7. The number of para-hydroxylation sites is 6. The predicted octanol–water partition coefficient (Wildman–Crippen LogP) is 25.3. The molecule has 0 spiro atoms. The van der Waals surface area contributed by atoms with Gasteiger partial charge in [-0.1, -0.05) is 295 Å². The first kappa shape index (κ1) is 64.9. The van der Waals surface area contributed by atoms with E-state index in [1.54, 1.807) is 0 Å². The van der Waals surface area contributed by atoms with Crippen LogP contribution in [0.2, 0.25) is 0 Å². The minimum atomic E-state index is -0.287. The largest absolute Gasteiger partial charge is 0.311 e. The van der Waals surface area contributed by atoms with E-state index in [1.165, 1.54) is 116 Å². The summed E-state index contributed by atoms with van der Waals surface area (Å²) in [6, 6.07) is 116. The molecule has 2 aliphatic heterocycles. The maximum atomic E-state index is 2.67. The van der Waals surface area contributed by atoms with Crippen molar-refractivity contribution in [1.29, 1.82) is 0 Å². The van der Waals surface area contributed by atoms with E-state index in [0.717, 1.165) is 73.0 Å². The van der Waals surface area contributed by atoms with E-state index in [2.05, 4.69) is 410 Å². The third-order valence-corrected chi connectivity index (χ3v) is 23.0. The maximum absolute atomic E-state index is 2.67. The minimum absolute atomic E-state index is 0.0426. The zero-order valence-corrected chi connectivity index (χ0v) is 62.7. The van der Waals surface area contributed by atoms with Gasteiger partial charge in [0.2, 0.25) is 0 Å². The molecule has 514 valence electrons. The highest BCUT2D eigenvalue weighted by atomic mass is 15.2. The molecule has 0 N–H and O–H groups in total. The molecule has 0 aliphatic carbocycles. The van der Waals surface area contributed by atoms with Crippen LogP contribution in [0.3, 0.4) is 0 Å². The maximum Gasteiger partial charge on any atom is 0.252 e. The monoisotopic (exact) mass is 1370 g/mol. The smallest absolute Gasteiger partial charge is 0.252 e. The zero-order chi connectivity index (χ0) is 72.4. The summed E-state index contributed by atoms with van der Waals surface area (Å²) >= 11 is 0. The van der Waals surface area contributed by atoms with Crippen LogP contribution >= 0.6 is 0 Å². The van der Waals surface area contributed by atoms with Crippen molar-refractivity contribution in [3.63, 3.8) is 0 Å². The lowest BCUT2D eigenvalue weighted by Gasteiger charge is -2.46. The molecular formula is C100H86BN5. The number of hydrogen-bond acceptors (Lipinski definition) is 2. The van der Waals surface area contributed by atoms with Crippen molar-refractivity contribution in [2.45, 2.75) is 105 Å². The summed E-state index contributed by atoms with van der Waals surface area (Å²) in [5.74, 6) is 0. The molecule has 0 saturated heterocycles. The van der Waals surface area contributed by atoms with Gasteiger partial charge >= 0.3 is 0 Å². The molecule has 3 aromatic heterocycles. The Kier molecular flexibility index (Phi) is 14.6.